The summed E-state index contributed by atoms with van der Waals surface area (Å²) in [4.78, 5) is 33.3. The number of aromatic nitrogens is 3. The molecule has 0 aliphatic heterocycles. The van der Waals surface area contributed by atoms with Crippen LogP contribution in [-0.2, 0) is 6.54 Å². The largest absolute Gasteiger partial charge is 0.305 e. The van der Waals surface area contributed by atoms with Gasteiger partial charge in [0.25, 0.3) is 5.56 Å². The molecule has 29 heavy (non-hydrogen) atoms. The number of fused-ring (bicyclic) bond motifs is 1. The standard InChI is InChI=1S/C20H19ClFN3O2.C2H6/c1-3-4-18(26)16-7-12(2)15(11-23-16)14-8-13-10-24-19(21)9-17(13)25(6-5-22)20(14)27;1-2/h7-11H,3-6H2,1-2H3;1-2H3. The Morgan fingerprint density at radius 1 is 1.14 bits per heavy atom. The molecule has 3 rings (SSSR count). The average molecular weight is 418 g/mol. The van der Waals surface area contributed by atoms with E-state index in [1.165, 1.54) is 10.8 Å². The summed E-state index contributed by atoms with van der Waals surface area (Å²) in [6.07, 6.45) is 4.26. The van der Waals surface area contributed by atoms with Gasteiger partial charge in [-0.3, -0.25) is 14.6 Å². The zero-order valence-corrected chi connectivity index (χ0v) is 17.9. The van der Waals surface area contributed by atoms with Gasteiger partial charge in [-0.15, -0.1) is 0 Å². The van der Waals surface area contributed by atoms with Crippen molar-refractivity contribution in [1.29, 1.82) is 0 Å². The summed E-state index contributed by atoms with van der Waals surface area (Å²) in [6.45, 7) is 6.99. The van der Waals surface area contributed by atoms with Crippen molar-refractivity contribution >= 4 is 28.3 Å². The van der Waals surface area contributed by atoms with Crippen LogP contribution in [0.15, 0.2) is 35.4 Å². The monoisotopic (exact) mass is 417 g/mol. The van der Waals surface area contributed by atoms with Crippen molar-refractivity contribution in [2.24, 2.45) is 0 Å². The first kappa shape index (κ1) is 22.7. The molecular formula is C22H25ClFN3O2. The number of ketones is 1. The molecule has 0 fully saturated rings. The molecule has 0 spiro atoms. The quantitative estimate of drug-likeness (QED) is 0.398. The van der Waals surface area contributed by atoms with Crippen LogP contribution in [-0.4, -0.2) is 27.0 Å². The number of nitrogens with zero attached hydrogens (tertiary/aromatic N) is 3. The summed E-state index contributed by atoms with van der Waals surface area (Å²) in [5.74, 6) is -0.0284. The minimum Gasteiger partial charge on any atom is -0.305 e. The Morgan fingerprint density at radius 2 is 1.86 bits per heavy atom. The van der Waals surface area contributed by atoms with Gasteiger partial charge >= 0.3 is 0 Å². The van der Waals surface area contributed by atoms with Crippen LogP contribution in [0.1, 0.15) is 49.7 Å². The molecule has 0 aliphatic carbocycles. The highest BCUT2D eigenvalue weighted by atomic mass is 35.5. The van der Waals surface area contributed by atoms with Gasteiger partial charge in [0.05, 0.1) is 12.1 Å². The first-order valence-corrected chi connectivity index (χ1v) is 10.1. The van der Waals surface area contributed by atoms with E-state index in [1.807, 2.05) is 27.7 Å². The Kier molecular flexibility index (Phi) is 8.02. The number of rotatable bonds is 6. The number of pyridine rings is 3. The lowest BCUT2D eigenvalue weighted by Crippen LogP contribution is -2.23. The van der Waals surface area contributed by atoms with Crippen LogP contribution in [0.3, 0.4) is 0 Å². The lowest BCUT2D eigenvalue weighted by molar-refractivity contribution is 0.0977. The van der Waals surface area contributed by atoms with Crippen molar-refractivity contribution in [3.63, 3.8) is 0 Å². The van der Waals surface area contributed by atoms with Gasteiger partial charge in [0.2, 0.25) is 0 Å². The number of carbonyl (C=O) groups excluding carboxylic acids is 1. The average Bonchev–Trinajstić information content (AvgIpc) is 2.72. The summed E-state index contributed by atoms with van der Waals surface area (Å²) >= 11 is 5.94. The Labute approximate surface area is 174 Å². The summed E-state index contributed by atoms with van der Waals surface area (Å²) in [7, 11) is 0. The van der Waals surface area contributed by atoms with E-state index < -0.39 is 6.67 Å². The molecule has 0 N–H and O–H groups in total. The topological polar surface area (TPSA) is 64.8 Å². The molecule has 0 amide bonds. The first-order chi connectivity index (χ1) is 14.0. The summed E-state index contributed by atoms with van der Waals surface area (Å²) < 4.78 is 14.4. The third-order valence-electron chi connectivity index (χ3n) is 4.42. The Balaban J connectivity index is 0.00000145. The fraction of sp³-hybridized carbons (Fsp3) is 0.364. The van der Waals surface area contributed by atoms with Crippen LogP contribution in [0.25, 0.3) is 22.0 Å². The molecule has 0 unspecified atom stereocenters. The van der Waals surface area contributed by atoms with E-state index in [0.29, 0.717) is 34.1 Å². The highest BCUT2D eigenvalue weighted by molar-refractivity contribution is 6.30. The molecule has 0 aromatic carbocycles. The molecule has 154 valence electrons. The number of aryl methyl sites for hydroxylation is 2. The van der Waals surface area contributed by atoms with Crippen LogP contribution in [0.5, 0.6) is 0 Å². The minimum absolute atomic E-state index is 0.0284. The van der Waals surface area contributed by atoms with Gasteiger partial charge < -0.3 is 4.57 Å². The SMILES string of the molecule is CC.CCCC(=O)c1cc(C)c(-c2cc3cnc(Cl)cc3n(CCF)c2=O)cn1. The van der Waals surface area contributed by atoms with Crippen LogP contribution >= 0.6 is 11.6 Å². The van der Waals surface area contributed by atoms with Gasteiger partial charge in [-0.05, 0) is 37.1 Å². The third kappa shape index (κ3) is 4.88. The van der Waals surface area contributed by atoms with Crippen molar-refractivity contribution in [3.05, 3.63) is 57.4 Å². The van der Waals surface area contributed by atoms with Crippen molar-refractivity contribution in [2.45, 2.75) is 47.1 Å². The van der Waals surface area contributed by atoms with Crippen LogP contribution in [0.2, 0.25) is 5.15 Å². The highest BCUT2D eigenvalue weighted by Gasteiger charge is 2.16. The van der Waals surface area contributed by atoms with E-state index >= 15 is 0 Å². The Bertz CT molecular complexity index is 1080. The van der Waals surface area contributed by atoms with Gasteiger partial charge in [0.1, 0.15) is 17.5 Å². The van der Waals surface area contributed by atoms with E-state index in [2.05, 4.69) is 9.97 Å². The number of hydrogen-bond donors (Lipinski definition) is 0. The molecule has 3 heterocycles. The van der Waals surface area contributed by atoms with Gasteiger partial charge in [-0.2, -0.15) is 0 Å². The maximum Gasteiger partial charge on any atom is 0.259 e. The molecule has 0 radical (unpaired) electrons. The molecule has 0 aliphatic rings. The maximum absolute atomic E-state index is 13.1. The van der Waals surface area contributed by atoms with Gasteiger partial charge in [-0.1, -0.05) is 32.4 Å². The zero-order chi connectivity index (χ0) is 21.6. The van der Waals surface area contributed by atoms with E-state index in [4.69, 9.17) is 11.6 Å². The van der Waals surface area contributed by atoms with Crippen LogP contribution in [0.4, 0.5) is 4.39 Å². The number of hydrogen-bond acceptors (Lipinski definition) is 4. The number of halogens is 2. The second kappa shape index (κ2) is 10.3. The van der Waals surface area contributed by atoms with Gasteiger partial charge in [-0.25, -0.2) is 9.37 Å². The lowest BCUT2D eigenvalue weighted by Gasteiger charge is -2.13. The van der Waals surface area contributed by atoms with Crippen molar-refractivity contribution < 1.29 is 9.18 Å². The van der Waals surface area contributed by atoms with E-state index in [9.17, 15) is 14.0 Å². The summed E-state index contributed by atoms with van der Waals surface area (Å²) in [5.41, 5.74) is 2.34. The predicted octanol–water partition coefficient (Wildman–Crippen LogP) is 5.40. The molecule has 3 aromatic heterocycles. The minimum atomic E-state index is -0.680. The molecule has 0 atom stereocenters. The van der Waals surface area contributed by atoms with E-state index in [1.54, 1.807) is 24.4 Å². The van der Waals surface area contributed by atoms with E-state index in [0.717, 1.165) is 12.0 Å². The molecule has 0 bridgehead atoms. The Hall–Kier alpha value is -2.60. The van der Waals surface area contributed by atoms with Crippen LogP contribution in [0, 0.1) is 6.92 Å². The molecule has 0 saturated carbocycles. The summed E-state index contributed by atoms with van der Waals surface area (Å²) in [6, 6.07) is 4.94. The third-order valence-corrected chi connectivity index (χ3v) is 4.62. The van der Waals surface area contributed by atoms with Crippen molar-refractivity contribution in [2.75, 3.05) is 6.67 Å². The maximum atomic E-state index is 13.1. The Morgan fingerprint density at radius 3 is 2.48 bits per heavy atom. The molecular weight excluding hydrogens is 393 g/mol. The first-order valence-electron chi connectivity index (χ1n) is 9.71. The fourth-order valence-corrected chi connectivity index (χ4v) is 3.24. The summed E-state index contributed by atoms with van der Waals surface area (Å²) in [5, 5.41) is 0.909. The van der Waals surface area contributed by atoms with Crippen molar-refractivity contribution in [3.8, 4) is 11.1 Å². The van der Waals surface area contributed by atoms with Gasteiger partial charge in [0, 0.05) is 35.3 Å². The second-order valence-corrected chi connectivity index (χ2v) is 6.71. The number of alkyl halides is 1. The normalized spacial score (nSPS) is 10.6. The predicted molar refractivity (Wildman–Crippen MR) is 116 cm³/mol. The van der Waals surface area contributed by atoms with Gasteiger partial charge in [0.15, 0.2) is 5.78 Å². The van der Waals surface area contributed by atoms with Crippen molar-refractivity contribution in [1.82, 2.24) is 14.5 Å². The molecule has 0 saturated heterocycles. The highest BCUT2D eigenvalue weighted by Crippen LogP contribution is 2.25. The molecule has 5 nitrogen and oxygen atoms in total. The lowest BCUT2D eigenvalue weighted by atomic mass is 10.0. The zero-order valence-electron chi connectivity index (χ0n) is 17.1. The smallest absolute Gasteiger partial charge is 0.259 e. The van der Waals surface area contributed by atoms with E-state index in [-0.39, 0.29) is 23.0 Å². The number of carbonyl (C=O) groups is 1. The fourth-order valence-electron chi connectivity index (χ4n) is 3.09. The number of Topliss-reactive ketones (excluding diaryl/α,β-unsaturated/α-hetero) is 1. The molecule has 7 heteroatoms. The second-order valence-electron chi connectivity index (χ2n) is 6.33. The van der Waals surface area contributed by atoms with Crippen LogP contribution < -0.4 is 5.56 Å². The molecule has 3 aromatic rings.